The molecule has 18 heavy (non-hydrogen) atoms. The Morgan fingerprint density at radius 2 is 1.89 bits per heavy atom. The van der Waals surface area contributed by atoms with E-state index < -0.39 is 12.0 Å². The number of carboxylic acids is 1. The predicted octanol–water partition coefficient (Wildman–Crippen LogP) is 2.99. The third-order valence-corrected chi connectivity index (χ3v) is 4.82. The first-order valence-electron chi connectivity index (χ1n) is 6.94. The SMILES string of the molecule is CCC(CC)(CC)CC1CCC(C(=O)O)N1C#N. The molecule has 102 valence electrons. The van der Waals surface area contributed by atoms with Crippen LogP contribution in [0.15, 0.2) is 0 Å². The summed E-state index contributed by atoms with van der Waals surface area (Å²) < 4.78 is 0. The largest absolute Gasteiger partial charge is 0.480 e. The average Bonchev–Trinajstić information content (AvgIpc) is 2.78. The van der Waals surface area contributed by atoms with Crippen LogP contribution >= 0.6 is 0 Å². The van der Waals surface area contributed by atoms with Crippen LogP contribution in [0, 0.1) is 16.9 Å². The molecule has 4 heteroatoms. The van der Waals surface area contributed by atoms with Gasteiger partial charge in [-0.3, -0.25) is 4.90 Å². The van der Waals surface area contributed by atoms with Gasteiger partial charge in [0.05, 0.1) is 0 Å². The first-order valence-corrected chi connectivity index (χ1v) is 6.94. The molecule has 1 heterocycles. The zero-order valence-electron chi connectivity index (χ0n) is 11.6. The highest BCUT2D eigenvalue weighted by atomic mass is 16.4. The summed E-state index contributed by atoms with van der Waals surface area (Å²) in [5.74, 6) is -0.867. The van der Waals surface area contributed by atoms with Crippen LogP contribution < -0.4 is 0 Å². The molecule has 0 saturated carbocycles. The van der Waals surface area contributed by atoms with Crippen molar-refractivity contribution in [3.63, 3.8) is 0 Å². The van der Waals surface area contributed by atoms with Crippen molar-refractivity contribution in [3.8, 4) is 6.19 Å². The third kappa shape index (κ3) is 2.77. The molecule has 1 saturated heterocycles. The number of hydrogen-bond acceptors (Lipinski definition) is 3. The molecule has 0 aromatic rings. The molecule has 1 N–H and O–H groups in total. The molecule has 0 aromatic heterocycles. The van der Waals surface area contributed by atoms with Gasteiger partial charge in [0, 0.05) is 6.04 Å². The Labute approximate surface area is 110 Å². The van der Waals surface area contributed by atoms with Crippen LogP contribution in [0.3, 0.4) is 0 Å². The van der Waals surface area contributed by atoms with E-state index in [0.717, 1.165) is 32.1 Å². The number of carboxylic acid groups (broad SMARTS) is 1. The van der Waals surface area contributed by atoms with Crippen LogP contribution in [0.4, 0.5) is 0 Å². The van der Waals surface area contributed by atoms with Gasteiger partial charge >= 0.3 is 5.97 Å². The number of likely N-dealkylation sites (tertiary alicyclic amines) is 1. The minimum atomic E-state index is -0.867. The Bertz CT molecular complexity index is 323. The molecule has 0 aliphatic carbocycles. The summed E-state index contributed by atoms with van der Waals surface area (Å²) in [6.07, 6.45) is 7.73. The topological polar surface area (TPSA) is 64.3 Å². The highest BCUT2D eigenvalue weighted by molar-refractivity contribution is 5.74. The van der Waals surface area contributed by atoms with Crippen molar-refractivity contribution in [2.24, 2.45) is 5.41 Å². The van der Waals surface area contributed by atoms with Gasteiger partial charge in [-0.25, -0.2) is 4.79 Å². The molecular weight excluding hydrogens is 228 g/mol. The van der Waals surface area contributed by atoms with Crippen LogP contribution in [0.25, 0.3) is 0 Å². The average molecular weight is 252 g/mol. The summed E-state index contributed by atoms with van der Waals surface area (Å²) in [6.45, 7) is 6.56. The van der Waals surface area contributed by atoms with Crippen LogP contribution in [0.5, 0.6) is 0 Å². The molecule has 0 amide bonds. The van der Waals surface area contributed by atoms with Gasteiger partial charge in [-0.2, -0.15) is 5.26 Å². The third-order valence-electron chi connectivity index (χ3n) is 4.82. The lowest BCUT2D eigenvalue weighted by molar-refractivity contribution is -0.141. The van der Waals surface area contributed by atoms with Crippen LogP contribution in [-0.4, -0.2) is 28.1 Å². The van der Waals surface area contributed by atoms with Crippen LogP contribution in [0.1, 0.15) is 59.3 Å². The fourth-order valence-electron chi connectivity index (χ4n) is 3.16. The lowest BCUT2D eigenvalue weighted by atomic mass is 9.74. The molecule has 1 rings (SSSR count). The number of hydrogen-bond donors (Lipinski definition) is 1. The molecule has 4 nitrogen and oxygen atoms in total. The maximum Gasteiger partial charge on any atom is 0.327 e. The first-order chi connectivity index (χ1) is 8.53. The van der Waals surface area contributed by atoms with Gasteiger partial charge in [0.1, 0.15) is 6.04 Å². The Kier molecular flexibility index (Phi) is 5.01. The van der Waals surface area contributed by atoms with Crippen molar-refractivity contribution in [1.29, 1.82) is 5.26 Å². The molecular formula is C14H24N2O2. The van der Waals surface area contributed by atoms with Crippen LogP contribution in [-0.2, 0) is 4.79 Å². The van der Waals surface area contributed by atoms with Crippen molar-refractivity contribution < 1.29 is 9.90 Å². The number of nitriles is 1. The molecule has 0 bridgehead atoms. The molecule has 1 aliphatic heterocycles. The van der Waals surface area contributed by atoms with Gasteiger partial charge in [0.25, 0.3) is 0 Å². The Balaban J connectivity index is 2.79. The second-order valence-corrected chi connectivity index (χ2v) is 5.36. The summed E-state index contributed by atoms with van der Waals surface area (Å²) in [5.41, 5.74) is 0.257. The summed E-state index contributed by atoms with van der Waals surface area (Å²) in [4.78, 5) is 12.6. The van der Waals surface area contributed by atoms with Gasteiger partial charge in [-0.05, 0) is 24.7 Å². The number of carbonyl (C=O) groups is 1. The quantitative estimate of drug-likeness (QED) is 0.738. The molecule has 0 aromatic carbocycles. The van der Waals surface area contributed by atoms with E-state index in [0.29, 0.717) is 6.42 Å². The van der Waals surface area contributed by atoms with E-state index in [1.807, 2.05) is 0 Å². The second kappa shape index (κ2) is 6.08. The van der Waals surface area contributed by atoms with Crippen molar-refractivity contribution in [2.45, 2.75) is 71.4 Å². The van der Waals surface area contributed by atoms with Gasteiger partial charge in [0.2, 0.25) is 0 Å². The Morgan fingerprint density at radius 1 is 1.33 bits per heavy atom. The highest BCUT2D eigenvalue weighted by Crippen LogP contribution is 2.40. The first kappa shape index (κ1) is 14.8. The van der Waals surface area contributed by atoms with Gasteiger partial charge in [-0.1, -0.05) is 40.0 Å². The van der Waals surface area contributed by atoms with E-state index in [4.69, 9.17) is 5.11 Å². The normalized spacial score (nSPS) is 24.0. The standard InChI is InChI=1S/C14H24N2O2/c1-4-14(5-2,6-3)9-11-7-8-12(13(17)18)16(11)10-15/h11-12H,4-9H2,1-3H3,(H,17,18). The zero-order valence-corrected chi connectivity index (χ0v) is 11.6. The van der Waals surface area contributed by atoms with E-state index in [9.17, 15) is 10.1 Å². The van der Waals surface area contributed by atoms with Crippen LogP contribution in [0.2, 0.25) is 0 Å². The molecule has 1 aliphatic rings. The van der Waals surface area contributed by atoms with Gasteiger partial charge in [0.15, 0.2) is 6.19 Å². The van der Waals surface area contributed by atoms with E-state index in [1.165, 1.54) is 4.90 Å². The molecule has 0 radical (unpaired) electrons. The summed E-state index contributed by atoms with van der Waals surface area (Å²) in [6, 6.07) is -0.501. The van der Waals surface area contributed by atoms with Crippen molar-refractivity contribution in [3.05, 3.63) is 0 Å². The number of nitrogens with zero attached hydrogens (tertiary/aromatic N) is 2. The predicted molar refractivity (Wildman–Crippen MR) is 69.8 cm³/mol. The Hall–Kier alpha value is -1.24. The number of rotatable bonds is 6. The summed E-state index contributed by atoms with van der Waals surface area (Å²) >= 11 is 0. The van der Waals surface area contributed by atoms with E-state index >= 15 is 0 Å². The minimum Gasteiger partial charge on any atom is -0.480 e. The fraction of sp³-hybridized carbons (Fsp3) is 0.857. The van der Waals surface area contributed by atoms with Crippen molar-refractivity contribution in [1.82, 2.24) is 4.90 Å². The van der Waals surface area contributed by atoms with Gasteiger partial charge < -0.3 is 5.11 Å². The smallest absolute Gasteiger partial charge is 0.327 e. The second-order valence-electron chi connectivity index (χ2n) is 5.36. The lowest BCUT2D eigenvalue weighted by Crippen LogP contribution is -2.39. The molecule has 2 unspecified atom stereocenters. The monoisotopic (exact) mass is 252 g/mol. The molecule has 1 fully saturated rings. The Morgan fingerprint density at radius 3 is 2.28 bits per heavy atom. The van der Waals surface area contributed by atoms with E-state index in [-0.39, 0.29) is 11.5 Å². The summed E-state index contributed by atoms with van der Waals surface area (Å²) in [7, 11) is 0. The van der Waals surface area contributed by atoms with E-state index in [2.05, 4.69) is 27.0 Å². The maximum atomic E-state index is 11.1. The highest BCUT2D eigenvalue weighted by Gasteiger charge is 2.40. The molecule has 2 atom stereocenters. The number of aliphatic carboxylic acids is 1. The minimum absolute atomic E-state index is 0.107. The molecule has 0 spiro atoms. The zero-order chi connectivity index (χ0) is 13.8. The lowest BCUT2D eigenvalue weighted by Gasteiger charge is -2.35. The van der Waals surface area contributed by atoms with Crippen molar-refractivity contribution >= 4 is 5.97 Å². The van der Waals surface area contributed by atoms with Crippen molar-refractivity contribution in [2.75, 3.05) is 0 Å². The van der Waals surface area contributed by atoms with Gasteiger partial charge in [-0.15, -0.1) is 0 Å². The maximum absolute atomic E-state index is 11.1. The fourth-order valence-corrected chi connectivity index (χ4v) is 3.16. The summed E-state index contributed by atoms with van der Waals surface area (Å²) in [5, 5.41) is 18.3. The van der Waals surface area contributed by atoms with E-state index in [1.54, 1.807) is 0 Å².